The number of ketones is 1. The van der Waals surface area contributed by atoms with Crippen molar-refractivity contribution in [3.05, 3.63) is 68.7 Å². The highest BCUT2D eigenvalue weighted by Crippen LogP contribution is 2.49. The van der Waals surface area contributed by atoms with Crippen molar-refractivity contribution in [1.29, 1.82) is 0 Å². The third-order valence-corrected chi connectivity index (χ3v) is 6.57. The van der Waals surface area contributed by atoms with Crippen LogP contribution in [0.1, 0.15) is 39.9 Å². The summed E-state index contributed by atoms with van der Waals surface area (Å²) in [5.74, 6) is -1.36. The SMILES string of the molecule is Cc1cc(C2=NOC(c3cc(Cl)cc(Cl)c3)(C(F)(F)F)C2)ccc1C(=O)C[C@@H]1CON(CCO)C1=O. The number of carbonyl (C=O) groups is 2. The number of hydrogen-bond donors (Lipinski definition) is 1. The van der Waals surface area contributed by atoms with Gasteiger partial charge in [0.05, 0.1) is 31.4 Å². The number of carbonyl (C=O) groups excluding carboxylic acids is 2. The predicted octanol–water partition coefficient (Wildman–Crippen LogP) is 4.84. The average molecular weight is 545 g/mol. The summed E-state index contributed by atoms with van der Waals surface area (Å²) in [5.41, 5.74) is -1.79. The smallest absolute Gasteiger partial charge is 0.394 e. The van der Waals surface area contributed by atoms with Crippen molar-refractivity contribution in [3.8, 4) is 0 Å². The number of aliphatic hydroxyl groups excluding tert-OH is 1. The van der Waals surface area contributed by atoms with Crippen molar-refractivity contribution in [1.82, 2.24) is 5.06 Å². The summed E-state index contributed by atoms with van der Waals surface area (Å²) in [6.07, 6.45) is -5.54. The summed E-state index contributed by atoms with van der Waals surface area (Å²) >= 11 is 11.9. The Balaban J connectivity index is 1.53. The van der Waals surface area contributed by atoms with Crippen molar-refractivity contribution in [2.24, 2.45) is 11.1 Å². The molecule has 0 spiro atoms. The fourth-order valence-electron chi connectivity index (χ4n) is 4.27. The zero-order chi connectivity index (χ0) is 26.3. The van der Waals surface area contributed by atoms with Gasteiger partial charge in [0, 0.05) is 34.0 Å². The van der Waals surface area contributed by atoms with Crippen LogP contribution in [-0.4, -0.2) is 53.5 Å². The third kappa shape index (κ3) is 4.95. The van der Waals surface area contributed by atoms with E-state index in [1.807, 2.05) is 0 Å². The quantitative estimate of drug-likeness (QED) is 0.504. The van der Waals surface area contributed by atoms with E-state index in [2.05, 4.69) is 5.16 Å². The van der Waals surface area contributed by atoms with Crippen molar-refractivity contribution in [2.75, 3.05) is 19.8 Å². The number of aryl methyl sites for hydroxylation is 1. The van der Waals surface area contributed by atoms with Gasteiger partial charge in [-0.3, -0.25) is 14.4 Å². The van der Waals surface area contributed by atoms with Gasteiger partial charge in [0.1, 0.15) is 0 Å². The number of aliphatic hydroxyl groups is 1. The highest BCUT2D eigenvalue weighted by molar-refractivity contribution is 6.34. The summed E-state index contributed by atoms with van der Waals surface area (Å²) < 4.78 is 42.7. The van der Waals surface area contributed by atoms with Crippen molar-refractivity contribution >= 4 is 40.6 Å². The van der Waals surface area contributed by atoms with Crippen LogP contribution >= 0.6 is 23.2 Å². The minimum Gasteiger partial charge on any atom is -0.394 e. The van der Waals surface area contributed by atoms with Crippen LogP contribution in [0.4, 0.5) is 13.2 Å². The molecule has 1 N–H and O–H groups in total. The normalized spacial score (nSPS) is 22.1. The molecule has 1 amide bonds. The van der Waals surface area contributed by atoms with E-state index >= 15 is 0 Å². The van der Waals surface area contributed by atoms with E-state index in [-0.39, 0.29) is 59.2 Å². The number of nitrogens with zero attached hydrogens (tertiary/aromatic N) is 2. The number of benzene rings is 2. The van der Waals surface area contributed by atoms with Crippen LogP contribution in [0.3, 0.4) is 0 Å². The van der Waals surface area contributed by atoms with Gasteiger partial charge in [0.25, 0.3) is 11.5 Å². The monoisotopic (exact) mass is 544 g/mol. The Morgan fingerprint density at radius 2 is 1.92 bits per heavy atom. The lowest BCUT2D eigenvalue weighted by Gasteiger charge is -2.29. The van der Waals surface area contributed by atoms with Gasteiger partial charge in [0.15, 0.2) is 5.78 Å². The predicted molar refractivity (Wildman–Crippen MR) is 125 cm³/mol. The second-order valence-corrected chi connectivity index (χ2v) is 9.48. The number of β-amino-alcohol motifs (C(OH)–C–C–N with tert-alkyl or cyclic N) is 1. The first-order chi connectivity index (χ1) is 16.9. The first-order valence-electron chi connectivity index (χ1n) is 10.9. The van der Waals surface area contributed by atoms with E-state index < -0.39 is 24.1 Å². The van der Waals surface area contributed by atoms with E-state index in [0.717, 1.165) is 17.2 Å². The summed E-state index contributed by atoms with van der Waals surface area (Å²) in [5, 5.41) is 13.8. The molecule has 36 heavy (non-hydrogen) atoms. The standard InChI is InChI=1S/C24H21Cl2F3N2O5/c1-13-6-14(2-3-19(13)21(33)7-15-12-35-31(4-5-32)22(15)34)20-11-23(36-30-20,24(27,28)29)16-8-17(25)10-18(26)9-16/h2-3,6,8-10,15,32H,4-5,7,11-12H2,1H3/t15-,23?/m1/s1. The topological polar surface area (TPSA) is 88.4 Å². The third-order valence-electron chi connectivity index (χ3n) is 6.14. The molecule has 2 aromatic rings. The Labute approximate surface area is 214 Å². The van der Waals surface area contributed by atoms with Crippen LogP contribution in [0, 0.1) is 12.8 Å². The van der Waals surface area contributed by atoms with Crippen LogP contribution in [-0.2, 0) is 20.1 Å². The van der Waals surface area contributed by atoms with Crippen molar-refractivity contribution in [3.63, 3.8) is 0 Å². The lowest BCUT2D eigenvalue weighted by atomic mass is 9.86. The summed E-state index contributed by atoms with van der Waals surface area (Å²) in [7, 11) is 0. The van der Waals surface area contributed by atoms with Gasteiger partial charge in [-0.1, -0.05) is 40.5 Å². The number of amides is 1. The van der Waals surface area contributed by atoms with Crippen molar-refractivity contribution in [2.45, 2.75) is 31.5 Å². The summed E-state index contributed by atoms with van der Waals surface area (Å²) in [6.45, 7) is 1.43. The molecule has 0 radical (unpaired) electrons. The first-order valence-corrected chi connectivity index (χ1v) is 11.7. The zero-order valence-electron chi connectivity index (χ0n) is 18.9. The molecule has 2 heterocycles. The minimum absolute atomic E-state index is 0.0161. The maximum absolute atomic E-state index is 14.2. The van der Waals surface area contributed by atoms with Gasteiger partial charge in [-0.15, -0.1) is 0 Å². The van der Waals surface area contributed by atoms with Crippen LogP contribution < -0.4 is 0 Å². The van der Waals surface area contributed by atoms with E-state index in [9.17, 15) is 22.8 Å². The number of Topliss-reactive ketones (excluding diaryl/α,β-unsaturated/α-hetero) is 1. The van der Waals surface area contributed by atoms with Gasteiger partial charge in [-0.25, -0.2) is 5.06 Å². The Morgan fingerprint density at radius 3 is 2.53 bits per heavy atom. The van der Waals surface area contributed by atoms with Crippen molar-refractivity contribution < 1.29 is 37.5 Å². The fraction of sp³-hybridized carbons (Fsp3) is 0.375. The molecule has 1 fully saturated rings. The van der Waals surface area contributed by atoms with Crippen LogP contribution in [0.25, 0.3) is 0 Å². The Kier molecular flexibility index (Phi) is 7.34. The molecule has 2 atom stereocenters. The van der Waals surface area contributed by atoms with Crippen LogP contribution in [0.15, 0.2) is 41.6 Å². The second kappa shape index (κ2) is 10.0. The first kappa shape index (κ1) is 26.4. The molecule has 0 aliphatic carbocycles. The number of hydroxylamine groups is 2. The molecule has 2 aliphatic heterocycles. The molecule has 2 aromatic carbocycles. The molecule has 1 unspecified atom stereocenters. The van der Waals surface area contributed by atoms with Gasteiger partial charge >= 0.3 is 6.18 Å². The summed E-state index contributed by atoms with van der Waals surface area (Å²) in [4.78, 5) is 35.3. The maximum atomic E-state index is 14.2. The Bertz CT molecular complexity index is 1220. The number of hydrogen-bond acceptors (Lipinski definition) is 6. The second-order valence-electron chi connectivity index (χ2n) is 8.60. The molecule has 4 rings (SSSR count). The molecular formula is C24H21Cl2F3N2O5. The average Bonchev–Trinajstić information content (AvgIpc) is 3.39. The Hall–Kier alpha value is -2.66. The van der Waals surface area contributed by atoms with E-state index in [0.29, 0.717) is 16.7 Å². The molecule has 0 saturated carbocycles. The molecule has 7 nitrogen and oxygen atoms in total. The molecular weight excluding hydrogens is 524 g/mol. The lowest BCUT2D eigenvalue weighted by Crippen LogP contribution is -2.42. The highest BCUT2D eigenvalue weighted by atomic mass is 35.5. The van der Waals surface area contributed by atoms with E-state index in [1.165, 1.54) is 18.2 Å². The number of alkyl halides is 3. The van der Waals surface area contributed by atoms with Gasteiger partial charge in [0.2, 0.25) is 0 Å². The van der Waals surface area contributed by atoms with E-state index in [4.69, 9.17) is 38.0 Å². The molecule has 192 valence electrons. The molecule has 12 heteroatoms. The van der Waals surface area contributed by atoms with Crippen LogP contribution in [0.5, 0.6) is 0 Å². The highest BCUT2D eigenvalue weighted by Gasteiger charge is 2.62. The number of rotatable bonds is 7. The fourth-order valence-corrected chi connectivity index (χ4v) is 4.79. The largest absolute Gasteiger partial charge is 0.435 e. The zero-order valence-corrected chi connectivity index (χ0v) is 20.5. The Morgan fingerprint density at radius 1 is 1.22 bits per heavy atom. The van der Waals surface area contributed by atoms with Gasteiger partial charge in [-0.05, 0) is 42.3 Å². The molecule has 0 bridgehead atoms. The van der Waals surface area contributed by atoms with E-state index in [1.54, 1.807) is 13.0 Å². The molecule has 1 saturated heterocycles. The lowest BCUT2D eigenvalue weighted by molar-refractivity contribution is -0.275. The van der Waals surface area contributed by atoms with Gasteiger partial charge < -0.3 is 9.94 Å². The number of oxime groups is 1. The summed E-state index contributed by atoms with van der Waals surface area (Å²) in [6, 6.07) is 8.14. The van der Waals surface area contributed by atoms with Gasteiger partial charge in [-0.2, -0.15) is 13.2 Å². The maximum Gasteiger partial charge on any atom is 0.435 e. The number of halogens is 5. The molecule has 2 aliphatic rings. The minimum atomic E-state index is -4.82. The molecule has 0 aromatic heterocycles. The van der Waals surface area contributed by atoms with Crippen LogP contribution in [0.2, 0.25) is 10.0 Å².